The van der Waals surface area contributed by atoms with Gasteiger partial charge in [-0.3, -0.25) is 9.69 Å². The van der Waals surface area contributed by atoms with E-state index in [1.807, 2.05) is 0 Å². The predicted molar refractivity (Wildman–Crippen MR) is 34.2 cm³/mol. The van der Waals surface area contributed by atoms with E-state index in [1.54, 1.807) is 0 Å². The molecule has 50 valence electrons. The molecule has 9 heavy (non-hydrogen) atoms. The Morgan fingerprint density at radius 1 is 1.67 bits per heavy atom. The highest BCUT2D eigenvalue weighted by Gasteiger charge is 2.58. The van der Waals surface area contributed by atoms with Gasteiger partial charge in [0.2, 0.25) is 0 Å². The topological polar surface area (TPSA) is 20.3 Å². The summed E-state index contributed by atoms with van der Waals surface area (Å²) in [6.45, 7) is 1.12. The third kappa shape index (κ3) is 0.517. The first-order chi connectivity index (χ1) is 4.26. The molecule has 0 N–H and O–H groups in total. The fourth-order valence-corrected chi connectivity index (χ4v) is 1.81. The van der Waals surface area contributed by atoms with Gasteiger partial charge in [-0.15, -0.1) is 0 Å². The third-order valence-corrected chi connectivity index (χ3v) is 2.66. The molecule has 2 nitrogen and oxygen atoms in total. The predicted octanol–water partition coefficient (Wildman–Crippen LogP) is 0.424. The van der Waals surface area contributed by atoms with E-state index in [1.165, 1.54) is 6.42 Å². The van der Waals surface area contributed by atoms with Crippen LogP contribution in [-0.2, 0) is 4.79 Å². The summed E-state index contributed by atoms with van der Waals surface area (Å²) in [5.74, 6) is 0.461. The Labute approximate surface area is 54.8 Å². The average Bonchev–Trinajstić information content (AvgIpc) is 2.29. The van der Waals surface area contributed by atoms with Gasteiger partial charge >= 0.3 is 0 Å². The molecule has 1 aliphatic carbocycles. The molecule has 1 saturated carbocycles. The second-order valence-corrected chi connectivity index (χ2v) is 3.16. The van der Waals surface area contributed by atoms with E-state index in [4.69, 9.17) is 0 Å². The van der Waals surface area contributed by atoms with Crippen LogP contribution in [0, 0.1) is 0 Å². The van der Waals surface area contributed by atoms with Gasteiger partial charge < -0.3 is 0 Å². The fraction of sp³-hybridized carbons (Fsp3) is 0.857. The van der Waals surface area contributed by atoms with Crippen LogP contribution in [-0.4, -0.2) is 29.8 Å². The lowest BCUT2D eigenvalue weighted by atomic mass is 10.2. The van der Waals surface area contributed by atoms with Crippen LogP contribution in [0.2, 0.25) is 0 Å². The summed E-state index contributed by atoms with van der Waals surface area (Å²) in [6, 6.07) is 0. The van der Waals surface area contributed by atoms with Gasteiger partial charge in [0, 0.05) is 6.42 Å². The maximum Gasteiger partial charge on any atom is 0.155 e. The summed E-state index contributed by atoms with van der Waals surface area (Å²) in [4.78, 5) is 13.1. The molecule has 0 aromatic carbocycles. The molecule has 1 spiro atoms. The highest BCUT2D eigenvalue weighted by atomic mass is 16.1. The standard InChI is InChI=1S/C7H11NO/c1-8-4-2-3-7(8)5-6(7)9/h2-5H2,1H3. The molecule has 2 aliphatic rings. The minimum atomic E-state index is 0.0556. The van der Waals surface area contributed by atoms with Crippen molar-refractivity contribution in [3.05, 3.63) is 0 Å². The first-order valence-corrected chi connectivity index (χ1v) is 3.50. The number of carbonyl (C=O) groups excluding carboxylic acids is 1. The van der Waals surface area contributed by atoms with Crippen molar-refractivity contribution in [2.45, 2.75) is 24.8 Å². The van der Waals surface area contributed by atoms with Crippen molar-refractivity contribution in [2.24, 2.45) is 0 Å². The Bertz CT molecular complexity index is 166. The summed E-state index contributed by atoms with van der Waals surface area (Å²) >= 11 is 0. The van der Waals surface area contributed by atoms with Crippen LogP contribution >= 0.6 is 0 Å². The van der Waals surface area contributed by atoms with Gasteiger partial charge in [-0.05, 0) is 26.4 Å². The zero-order chi connectivity index (χ0) is 6.48. The van der Waals surface area contributed by atoms with Crippen LogP contribution in [0.1, 0.15) is 19.3 Å². The Morgan fingerprint density at radius 2 is 2.33 bits per heavy atom. The van der Waals surface area contributed by atoms with Crippen LogP contribution in [0.15, 0.2) is 0 Å². The number of ketones is 1. The van der Waals surface area contributed by atoms with E-state index in [-0.39, 0.29) is 5.54 Å². The molecule has 1 aliphatic heterocycles. The minimum absolute atomic E-state index is 0.0556. The SMILES string of the molecule is CN1CCCC12CC2=O. The average molecular weight is 125 g/mol. The summed E-state index contributed by atoms with van der Waals surface area (Å²) in [6.07, 6.45) is 3.15. The number of hydrogen-bond acceptors (Lipinski definition) is 2. The molecular weight excluding hydrogens is 114 g/mol. The molecule has 1 unspecified atom stereocenters. The zero-order valence-electron chi connectivity index (χ0n) is 5.68. The maximum absolute atomic E-state index is 10.9. The van der Waals surface area contributed by atoms with Crippen LogP contribution in [0.4, 0.5) is 0 Å². The van der Waals surface area contributed by atoms with Gasteiger partial charge in [0.1, 0.15) is 0 Å². The number of rotatable bonds is 0. The summed E-state index contributed by atoms with van der Waals surface area (Å²) in [5, 5.41) is 0. The molecule has 0 aromatic rings. The fourth-order valence-electron chi connectivity index (χ4n) is 1.81. The Morgan fingerprint density at radius 3 is 2.56 bits per heavy atom. The minimum Gasteiger partial charge on any atom is -0.298 e. The van der Waals surface area contributed by atoms with Crippen LogP contribution < -0.4 is 0 Å². The molecule has 2 fully saturated rings. The highest BCUT2D eigenvalue weighted by molar-refractivity contribution is 6.05. The summed E-state index contributed by atoms with van der Waals surface area (Å²) in [7, 11) is 2.05. The van der Waals surface area contributed by atoms with Crippen molar-refractivity contribution in [1.82, 2.24) is 4.90 Å². The van der Waals surface area contributed by atoms with Crippen LogP contribution in [0.3, 0.4) is 0 Å². The molecule has 0 bridgehead atoms. The zero-order valence-corrected chi connectivity index (χ0v) is 5.68. The molecule has 1 heterocycles. The molecular formula is C7H11NO. The molecule has 1 atom stereocenters. The third-order valence-electron chi connectivity index (χ3n) is 2.66. The Hall–Kier alpha value is -0.370. The second kappa shape index (κ2) is 1.37. The monoisotopic (exact) mass is 125 g/mol. The lowest BCUT2D eigenvalue weighted by molar-refractivity contribution is -0.113. The van der Waals surface area contributed by atoms with Crippen LogP contribution in [0.25, 0.3) is 0 Å². The lowest BCUT2D eigenvalue weighted by Gasteiger charge is -2.14. The molecule has 1 saturated heterocycles. The largest absolute Gasteiger partial charge is 0.298 e. The molecule has 0 radical (unpaired) electrons. The molecule has 0 aromatic heterocycles. The normalized spacial score (nSPS) is 42.6. The smallest absolute Gasteiger partial charge is 0.155 e. The van der Waals surface area contributed by atoms with Gasteiger partial charge in [0.05, 0.1) is 5.54 Å². The number of likely N-dealkylation sites (N-methyl/N-ethyl adjacent to an activating group) is 1. The van der Waals surface area contributed by atoms with E-state index in [0.717, 1.165) is 19.4 Å². The molecule has 0 amide bonds. The number of hydrogen-bond donors (Lipinski definition) is 0. The summed E-state index contributed by atoms with van der Waals surface area (Å²) < 4.78 is 0. The van der Waals surface area contributed by atoms with Crippen molar-refractivity contribution < 1.29 is 4.79 Å². The lowest BCUT2D eigenvalue weighted by Crippen LogP contribution is -2.28. The van der Waals surface area contributed by atoms with Gasteiger partial charge in [0.25, 0.3) is 0 Å². The molecule has 2 heteroatoms. The number of carbonyl (C=O) groups is 1. The first kappa shape index (κ1) is 5.42. The van der Waals surface area contributed by atoms with E-state index in [0.29, 0.717) is 5.78 Å². The Kier molecular flexibility index (Phi) is 0.826. The molecule has 2 rings (SSSR count). The van der Waals surface area contributed by atoms with E-state index >= 15 is 0 Å². The number of Topliss-reactive ketones (excluding diaryl/α,β-unsaturated/α-hetero) is 1. The van der Waals surface area contributed by atoms with Crippen molar-refractivity contribution in [3.63, 3.8) is 0 Å². The number of likely N-dealkylation sites (tertiary alicyclic amines) is 1. The van der Waals surface area contributed by atoms with Crippen molar-refractivity contribution >= 4 is 5.78 Å². The van der Waals surface area contributed by atoms with Crippen molar-refractivity contribution in [1.29, 1.82) is 0 Å². The van der Waals surface area contributed by atoms with Crippen molar-refractivity contribution in [3.8, 4) is 0 Å². The van der Waals surface area contributed by atoms with Gasteiger partial charge in [-0.2, -0.15) is 0 Å². The van der Waals surface area contributed by atoms with E-state index in [9.17, 15) is 4.79 Å². The van der Waals surface area contributed by atoms with Gasteiger partial charge in [0.15, 0.2) is 5.78 Å². The van der Waals surface area contributed by atoms with Crippen LogP contribution in [0.5, 0.6) is 0 Å². The Balaban J connectivity index is 2.21. The second-order valence-electron chi connectivity index (χ2n) is 3.16. The first-order valence-electron chi connectivity index (χ1n) is 3.50. The van der Waals surface area contributed by atoms with Gasteiger partial charge in [-0.1, -0.05) is 0 Å². The van der Waals surface area contributed by atoms with Gasteiger partial charge in [-0.25, -0.2) is 0 Å². The maximum atomic E-state index is 10.9. The quantitative estimate of drug-likeness (QED) is 0.467. The van der Waals surface area contributed by atoms with E-state index < -0.39 is 0 Å². The highest BCUT2D eigenvalue weighted by Crippen LogP contribution is 2.44. The van der Waals surface area contributed by atoms with E-state index in [2.05, 4.69) is 11.9 Å². The van der Waals surface area contributed by atoms with Crippen molar-refractivity contribution in [2.75, 3.05) is 13.6 Å². The number of nitrogens with zero attached hydrogens (tertiary/aromatic N) is 1. The summed E-state index contributed by atoms with van der Waals surface area (Å²) in [5.41, 5.74) is 0.0556.